The predicted octanol–water partition coefficient (Wildman–Crippen LogP) is -0.599. The Hall–Kier alpha value is 0.610. The van der Waals surface area contributed by atoms with Crippen LogP contribution in [-0.2, 0) is 55.2 Å². The van der Waals surface area contributed by atoms with Crippen molar-refractivity contribution in [2.24, 2.45) is 0 Å². The fourth-order valence-corrected chi connectivity index (χ4v) is 0. The van der Waals surface area contributed by atoms with E-state index >= 15 is 0 Å². The second-order valence-electron chi connectivity index (χ2n) is 0.833. The zero-order chi connectivity index (χ0) is 5.45. The molecule has 0 rings (SSSR count). The minimum absolute atomic E-state index is 0. The summed E-state index contributed by atoms with van der Waals surface area (Å²) in [5, 5.41) is 0. The Labute approximate surface area is 54.9 Å². The van der Waals surface area contributed by atoms with E-state index in [1.54, 1.807) is 0 Å². The molecule has 0 aliphatic rings. The average molecular weight is 439 g/mol. The molecule has 0 saturated carbocycles. The molecular formula is HfO5Ta. The molecule has 0 aromatic rings. The summed E-state index contributed by atoms with van der Waals surface area (Å²) >= 11 is -8.10. The van der Waals surface area contributed by atoms with Crippen molar-refractivity contribution in [3.63, 3.8) is 0 Å². The summed E-state index contributed by atoms with van der Waals surface area (Å²) in [7, 11) is 0. The molecule has 7 heavy (non-hydrogen) atoms. The van der Waals surface area contributed by atoms with Crippen molar-refractivity contribution in [1.82, 2.24) is 0 Å². The fourth-order valence-electron chi connectivity index (χ4n) is 0. The van der Waals surface area contributed by atoms with Crippen molar-refractivity contribution < 1.29 is 55.2 Å². The summed E-state index contributed by atoms with van der Waals surface area (Å²) in [6, 6.07) is 0. The molecule has 0 aliphatic carbocycles. The first-order chi connectivity index (χ1) is 2.24. The Kier molecular flexibility index (Phi) is 2.79. The van der Waals surface area contributed by atoms with E-state index in [0.29, 0.717) is 0 Å². The molecule has 0 heterocycles. The number of hydrogen-bond acceptors (Lipinski definition) is 5. The Morgan fingerprint density at radius 3 is 0.714 bits per heavy atom. The van der Waals surface area contributed by atoms with Crippen LogP contribution in [0.4, 0.5) is 0 Å². The largest absolute Gasteiger partial charge is 0 e. The fraction of sp³-hybridized carbons (Fsp3) is 0. The maximum Gasteiger partial charge on any atom is 0 e. The molecule has 7 heteroatoms. The van der Waals surface area contributed by atoms with E-state index in [4.69, 9.17) is 14.3 Å². The molecule has 0 amide bonds. The molecule has 0 spiro atoms. The van der Waals surface area contributed by atoms with E-state index in [1.807, 2.05) is 0 Å². The predicted molar refractivity (Wildman–Crippen MR) is 3.43 cm³/mol. The zero-order valence-electron chi connectivity index (χ0n) is 2.99. The third kappa shape index (κ3) is 377. The summed E-state index contributed by atoms with van der Waals surface area (Å²) in [4.78, 5) is 0. The zero-order valence-corrected chi connectivity index (χ0v) is 9.79. The molecule has 39 valence electrons. The van der Waals surface area contributed by atoms with Gasteiger partial charge in [-0.05, 0) is 0 Å². The van der Waals surface area contributed by atoms with Gasteiger partial charge in [0.25, 0.3) is 0 Å². The topological polar surface area (TPSA) is 85.3 Å². The molecule has 0 fully saturated rings. The first-order valence-electron chi connectivity index (χ1n) is 1.02. The van der Waals surface area contributed by atoms with E-state index in [0.717, 1.165) is 0 Å². The summed E-state index contributed by atoms with van der Waals surface area (Å²) in [6.07, 6.45) is 0. The van der Waals surface area contributed by atoms with Crippen LogP contribution in [0.5, 0.6) is 0 Å². The molecular weight excluding hydrogens is 439 g/mol. The van der Waals surface area contributed by atoms with Crippen molar-refractivity contribution in [2.75, 3.05) is 0 Å². The van der Waals surface area contributed by atoms with Crippen LogP contribution in [0.2, 0.25) is 0 Å². The van der Waals surface area contributed by atoms with Gasteiger partial charge < -0.3 is 0 Å². The van der Waals surface area contributed by atoms with E-state index in [-0.39, 0.29) is 22.4 Å². The molecule has 0 saturated heterocycles. The molecule has 0 N–H and O–H groups in total. The molecule has 0 bridgehead atoms. The van der Waals surface area contributed by atoms with Gasteiger partial charge in [0, 0.05) is 22.4 Å². The molecule has 1 radical (unpaired) electrons. The molecule has 0 aromatic carbocycles. The van der Waals surface area contributed by atoms with Crippen LogP contribution in [0.25, 0.3) is 0 Å². The van der Waals surface area contributed by atoms with Gasteiger partial charge in [0.2, 0.25) is 0 Å². The molecule has 0 aliphatic heterocycles. The van der Waals surface area contributed by atoms with Crippen LogP contribution in [0.15, 0.2) is 0 Å². The molecule has 5 nitrogen and oxygen atoms in total. The smallest absolute Gasteiger partial charge is 0 e. The average Bonchev–Trinajstić information content (AvgIpc) is 0.650. The monoisotopic (exact) mass is 441 g/mol. The minimum Gasteiger partial charge on any atom is 0 e. The minimum atomic E-state index is -8.10. The molecule has 0 aromatic heterocycles. The van der Waals surface area contributed by atoms with E-state index in [2.05, 4.69) is 0 Å². The summed E-state index contributed by atoms with van der Waals surface area (Å²) < 4.78 is 43.4. The Morgan fingerprint density at radius 2 is 0.714 bits per heavy atom. The second-order valence-corrected chi connectivity index (χ2v) is 6.82. The standard InChI is InChI=1S/Hf.5O.Ta. The van der Waals surface area contributed by atoms with Gasteiger partial charge in [-0.1, -0.05) is 0 Å². The number of rotatable bonds is 0. The SMILES string of the molecule is [O]=[Hf](=[O])(=[O])(=[O])=[O].[Ta]. The summed E-state index contributed by atoms with van der Waals surface area (Å²) in [6.45, 7) is 0. The third-order valence-electron chi connectivity index (χ3n) is 0. The second kappa shape index (κ2) is 1.85. The van der Waals surface area contributed by atoms with E-state index < -0.39 is 18.5 Å². The van der Waals surface area contributed by atoms with Gasteiger partial charge in [-0.15, -0.1) is 0 Å². The van der Waals surface area contributed by atoms with Crippen LogP contribution >= 0.6 is 0 Å². The Morgan fingerprint density at radius 1 is 0.714 bits per heavy atom. The van der Waals surface area contributed by atoms with Gasteiger partial charge >= 0.3 is 32.8 Å². The maximum atomic E-state index is 8.68. The number of hydrogen-bond donors (Lipinski definition) is 0. The normalized spacial score (nSPS) is 5.00. The summed E-state index contributed by atoms with van der Waals surface area (Å²) in [5.41, 5.74) is 0. The van der Waals surface area contributed by atoms with Gasteiger partial charge in [-0.2, -0.15) is 0 Å². The van der Waals surface area contributed by atoms with Crippen LogP contribution in [0.3, 0.4) is 0 Å². The van der Waals surface area contributed by atoms with E-state index in [9.17, 15) is 0 Å². The van der Waals surface area contributed by atoms with Crippen molar-refractivity contribution in [1.29, 1.82) is 0 Å². The van der Waals surface area contributed by atoms with Crippen LogP contribution in [0, 0.1) is 0 Å². The first-order valence-corrected chi connectivity index (χ1v) is 8.35. The van der Waals surface area contributed by atoms with Crippen molar-refractivity contribution in [3.8, 4) is 0 Å². The van der Waals surface area contributed by atoms with Crippen molar-refractivity contribution in [2.45, 2.75) is 0 Å². The third-order valence-corrected chi connectivity index (χ3v) is 0. The van der Waals surface area contributed by atoms with Gasteiger partial charge in [0.1, 0.15) is 0 Å². The molecule has 0 atom stereocenters. The quantitative estimate of drug-likeness (QED) is 0.471. The van der Waals surface area contributed by atoms with Crippen molar-refractivity contribution >= 4 is 0 Å². The summed E-state index contributed by atoms with van der Waals surface area (Å²) in [5.74, 6) is 0. The maximum absolute atomic E-state index is 8.68. The van der Waals surface area contributed by atoms with Gasteiger partial charge in [-0.3, -0.25) is 0 Å². The van der Waals surface area contributed by atoms with Gasteiger partial charge in [0.15, 0.2) is 0 Å². The Balaban J connectivity index is 0. The van der Waals surface area contributed by atoms with Crippen molar-refractivity contribution in [3.05, 3.63) is 0 Å². The van der Waals surface area contributed by atoms with Gasteiger partial charge in [0.05, 0.1) is 0 Å². The van der Waals surface area contributed by atoms with Crippen LogP contribution in [-0.4, -0.2) is 0 Å². The Bertz CT molecular complexity index is 278. The van der Waals surface area contributed by atoms with Gasteiger partial charge in [-0.25, -0.2) is 0 Å². The van der Waals surface area contributed by atoms with Crippen LogP contribution < -0.4 is 0 Å². The van der Waals surface area contributed by atoms with Crippen LogP contribution in [0.1, 0.15) is 0 Å². The first kappa shape index (κ1) is 10.6. The molecule has 0 unspecified atom stereocenters. The van der Waals surface area contributed by atoms with E-state index in [1.165, 1.54) is 0 Å².